The van der Waals surface area contributed by atoms with Crippen LogP contribution < -0.4 is 16.6 Å². The van der Waals surface area contributed by atoms with Gasteiger partial charge >= 0.3 is 0 Å². The van der Waals surface area contributed by atoms with Crippen LogP contribution in [-0.4, -0.2) is 34.7 Å². The lowest BCUT2D eigenvalue weighted by Gasteiger charge is -2.23. The van der Waals surface area contributed by atoms with Crippen LogP contribution in [0.15, 0.2) is 24.3 Å². The number of hydrogen-bond acceptors (Lipinski definition) is 5. The molecular formula is C18H29N3O2S. The molecule has 1 aliphatic carbocycles. The van der Waals surface area contributed by atoms with Crippen molar-refractivity contribution in [1.29, 1.82) is 0 Å². The quantitative estimate of drug-likeness (QED) is 0.540. The van der Waals surface area contributed by atoms with Gasteiger partial charge in [0.25, 0.3) is 5.91 Å². The molecule has 2 unspecified atom stereocenters. The van der Waals surface area contributed by atoms with E-state index in [2.05, 4.69) is 10.9 Å². The number of nitrogens with two attached hydrogens (primary N) is 1. The Morgan fingerprint density at radius 3 is 2.62 bits per heavy atom. The number of amides is 1. The summed E-state index contributed by atoms with van der Waals surface area (Å²) in [5.41, 5.74) is 13.2. The molecule has 1 fully saturated rings. The minimum Gasteiger partial charge on any atom is -0.382 e. The molecule has 1 saturated carbocycles. The standard InChI is InChI=1S/C18H29N3O2S/c1-13-7-9-15(10-8-13)20-21-18(23)17(22)16(19)12-24-11-14-5-3-2-4-6-14/h7-10,14,16-17,20,22H,2-6,11-12,19H2,1H3,(H,21,23). The molecule has 24 heavy (non-hydrogen) atoms. The normalized spacial score (nSPS) is 18.0. The van der Waals surface area contributed by atoms with Crippen LogP contribution in [0.5, 0.6) is 0 Å². The maximum absolute atomic E-state index is 12.0. The highest BCUT2D eigenvalue weighted by atomic mass is 32.2. The van der Waals surface area contributed by atoms with Crippen molar-refractivity contribution in [2.75, 3.05) is 16.9 Å². The van der Waals surface area contributed by atoms with Crippen molar-refractivity contribution < 1.29 is 9.90 Å². The predicted octanol–water partition coefficient (Wildman–Crippen LogP) is 2.44. The van der Waals surface area contributed by atoms with Crippen LogP contribution >= 0.6 is 11.8 Å². The van der Waals surface area contributed by atoms with Crippen molar-refractivity contribution in [3.8, 4) is 0 Å². The first-order valence-electron chi connectivity index (χ1n) is 8.70. The molecule has 2 atom stereocenters. The van der Waals surface area contributed by atoms with E-state index >= 15 is 0 Å². The molecule has 0 saturated heterocycles. The maximum atomic E-state index is 12.0. The van der Waals surface area contributed by atoms with Gasteiger partial charge in [-0.25, -0.2) is 0 Å². The van der Waals surface area contributed by atoms with E-state index in [1.807, 2.05) is 31.2 Å². The van der Waals surface area contributed by atoms with Crippen molar-refractivity contribution >= 4 is 23.4 Å². The number of thioether (sulfide) groups is 1. The van der Waals surface area contributed by atoms with Gasteiger partial charge in [-0.05, 0) is 43.6 Å². The van der Waals surface area contributed by atoms with Crippen LogP contribution in [0.1, 0.15) is 37.7 Å². The van der Waals surface area contributed by atoms with Crippen LogP contribution in [0.2, 0.25) is 0 Å². The molecule has 1 aromatic rings. The highest BCUT2D eigenvalue weighted by Crippen LogP contribution is 2.26. The van der Waals surface area contributed by atoms with Crippen LogP contribution in [0.3, 0.4) is 0 Å². The van der Waals surface area contributed by atoms with Crippen LogP contribution in [0.25, 0.3) is 0 Å². The van der Waals surface area contributed by atoms with Gasteiger partial charge in [-0.15, -0.1) is 0 Å². The highest BCUT2D eigenvalue weighted by Gasteiger charge is 2.23. The lowest BCUT2D eigenvalue weighted by Crippen LogP contribution is -2.49. The van der Waals surface area contributed by atoms with E-state index in [0.717, 1.165) is 22.9 Å². The number of hydrogen-bond donors (Lipinski definition) is 4. The highest BCUT2D eigenvalue weighted by molar-refractivity contribution is 7.99. The lowest BCUT2D eigenvalue weighted by molar-refractivity contribution is -0.129. The van der Waals surface area contributed by atoms with Gasteiger partial charge in [0.15, 0.2) is 0 Å². The summed E-state index contributed by atoms with van der Waals surface area (Å²) in [6, 6.07) is 7.06. The molecule has 0 bridgehead atoms. The Morgan fingerprint density at radius 2 is 1.96 bits per heavy atom. The molecule has 5 nitrogen and oxygen atoms in total. The Hall–Kier alpha value is -1.24. The van der Waals surface area contributed by atoms with Gasteiger partial charge in [0.05, 0.1) is 5.69 Å². The number of nitrogens with one attached hydrogen (secondary N) is 2. The molecule has 1 amide bonds. The first-order chi connectivity index (χ1) is 11.6. The fourth-order valence-electron chi connectivity index (χ4n) is 2.85. The van der Waals surface area contributed by atoms with E-state index in [0.29, 0.717) is 5.75 Å². The second-order valence-electron chi connectivity index (χ2n) is 6.63. The topological polar surface area (TPSA) is 87.4 Å². The van der Waals surface area contributed by atoms with Crippen LogP contribution in [-0.2, 0) is 4.79 Å². The molecule has 134 valence electrons. The fourth-order valence-corrected chi connectivity index (χ4v) is 4.11. The minimum absolute atomic E-state index is 0.499. The number of hydrazine groups is 1. The van der Waals surface area contributed by atoms with Crippen molar-refractivity contribution in [3.05, 3.63) is 29.8 Å². The lowest BCUT2D eigenvalue weighted by atomic mass is 9.91. The number of benzene rings is 1. The summed E-state index contributed by atoms with van der Waals surface area (Å²) in [4.78, 5) is 12.0. The number of carbonyl (C=O) groups excluding carboxylic acids is 1. The Bertz CT molecular complexity index is 503. The van der Waals surface area contributed by atoms with Gasteiger partial charge in [0.2, 0.25) is 0 Å². The van der Waals surface area contributed by atoms with E-state index in [1.165, 1.54) is 32.1 Å². The number of aliphatic hydroxyl groups excluding tert-OH is 1. The van der Waals surface area contributed by atoms with Gasteiger partial charge < -0.3 is 10.8 Å². The molecule has 0 heterocycles. The van der Waals surface area contributed by atoms with Crippen molar-refractivity contribution in [2.24, 2.45) is 11.7 Å². The maximum Gasteiger partial charge on any atom is 0.268 e. The summed E-state index contributed by atoms with van der Waals surface area (Å²) in [6.07, 6.45) is 5.40. The third kappa shape index (κ3) is 6.34. The molecule has 6 heteroatoms. The number of carbonyl (C=O) groups is 1. The first kappa shape index (κ1) is 19.1. The smallest absolute Gasteiger partial charge is 0.268 e. The summed E-state index contributed by atoms with van der Waals surface area (Å²) in [7, 11) is 0. The monoisotopic (exact) mass is 351 g/mol. The number of rotatable bonds is 8. The Balaban J connectivity index is 1.66. The molecule has 1 aliphatic rings. The number of aryl methyl sites for hydroxylation is 1. The summed E-state index contributed by atoms with van der Waals surface area (Å²) < 4.78 is 0. The SMILES string of the molecule is Cc1ccc(NNC(=O)C(O)C(N)CSCC2CCCCC2)cc1. The summed E-state index contributed by atoms with van der Waals surface area (Å²) in [6.45, 7) is 2.00. The van der Waals surface area contributed by atoms with Crippen molar-refractivity contribution in [1.82, 2.24) is 5.43 Å². The second kappa shape index (κ2) is 9.91. The van der Waals surface area contributed by atoms with Gasteiger partial charge in [0, 0.05) is 11.8 Å². The zero-order chi connectivity index (χ0) is 17.4. The molecule has 0 aliphatic heterocycles. The van der Waals surface area contributed by atoms with Gasteiger partial charge in [0.1, 0.15) is 6.10 Å². The molecule has 0 radical (unpaired) electrons. The molecule has 0 spiro atoms. The molecule has 5 N–H and O–H groups in total. The van der Waals surface area contributed by atoms with E-state index in [4.69, 9.17) is 5.73 Å². The average molecular weight is 352 g/mol. The van der Waals surface area contributed by atoms with Crippen LogP contribution in [0.4, 0.5) is 5.69 Å². The Morgan fingerprint density at radius 1 is 1.29 bits per heavy atom. The van der Waals surface area contributed by atoms with Crippen LogP contribution in [0, 0.1) is 12.8 Å². The van der Waals surface area contributed by atoms with E-state index in [-0.39, 0.29) is 0 Å². The number of anilines is 1. The number of aliphatic hydroxyl groups is 1. The summed E-state index contributed by atoms with van der Waals surface area (Å²) >= 11 is 1.74. The van der Waals surface area contributed by atoms with Gasteiger partial charge in [-0.1, -0.05) is 37.0 Å². The largest absolute Gasteiger partial charge is 0.382 e. The summed E-state index contributed by atoms with van der Waals surface area (Å²) in [5.74, 6) is 1.94. The van der Waals surface area contributed by atoms with E-state index < -0.39 is 18.1 Å². The molecule has 0 aromatic heterocycles. The summed E-state index contributed by atoms with van der Waals surface area (Å²) in [5, 5.41) is 10.1. The van der Waals surface area contributed by atoms with E-state index in [9.17, 15) is 9.90 Å². The predicted molar refractivity (Wildman–Crippen MR) is 101 cm³/mol. The molecule has 2 rings (SSSR count). The third-order valence-corrected chi connectivity index (χ3v) is 5.77. The van der Waals surface area contributed by atoms with Crippen molar-refractivity contribution in [3.63, 3.8) is 0 Å². The molecule has 1 aromatic carbocycles. The third-order valence-electron chi connectivity index (χ3n) is 4.44. The average Bonchev–Trinajstić information content (AvgIpc) is 2.61. The van der Waals surface area contributed by atoms with Gasteiger partial charge in [-0.3, -0.25) is 15.6 Å². The minimum atomic E-state index is -1.21. The zero-order valence-electron chi connectivity index (χ0n) is 14.3. The first-order valence-corrected chi connectivity index (χ1v) is 9.85. The second-order valence-corrected chi connectivity index (χ2v) is 7.71. The van der Waals surface area contributed by atoms with E-state index in [1.54, 1.807) is 11.8 Å². The van der Waals surface area contributed by atoms with Gasteiger partial charge in [-0.2, -0.15) is 11.8 Å². The Kier molecular flexibility index (Phi) is 7.88. The zero-order valence-corrected chi connectivity index (χ0v) is 15.1. The molecular weight excluding hydrogens is 322 g/mol. The Labute approximate surface area is 148 Å². The fraction of sp³-hybridized carbons (Fsp3) is 0.611. The van der Waals surface area contributed by atoms with Crippen molar-refractivity contribution in [2.45, 2.75) is 51.2 Å².